The third-order valence-electron chi connectivity index (χ3n) is 3.44. The minimum Gasteiger partial charge on any atom is -0.271 e. The molecule has 1 unspecified atom stereocenters. The van der Waals surface area contributed by atoms with Gasteiger partial charge >= 0.3 is 0 Å². The Kier molecular flexibility index (Phi) is 6.25. The molecule has 0 amide bonds. The van der Waals surface area contributed by atoms with Crippen molar-refractivity contribution >= 4 is 54.5 Å². The van der Waals surface area contributed by atoms with E-state index < -0.39 is 0 Å². The summed E-state index contributed by atoms with van der Waals surface area (Å²) in [7, 11) is 1.97. The van der Waals surface area contributed by atoms with Crippen molar-refractivity contribution in [2.24, 2.45) is 12.9 Å². The molecule has 0 radical (unpaired) electrons. The Balaban J connectivity index is 2.36. The summed E-state index contributed by atoms with van der Waals surface area (Å²) in [6.45, 7) is 2.10. The lowest BCUT2D eigenvalue weighted by Crippen LogP contribution is -2.30. The molecule has 0 aliphatic carbocycles. The minimum absolute atomic E-state index is 0.0332. The van der Waals surface area contributed by atoms with Crippen LogP contribution < -0.4 is 11.3 Å². The van der Waals surface area contributed by atoms with Crippen molar-refractivity contribution in [3.8, 4) is 0 Å². The first-order valence-electron chi connectivity index (χ1n) is 6.59. The molecule has 0 bridgehead atoms. The molecule has 0 spiro atoms. The lowest BCUT2D eigenvalue weighted by Gasteiger charge is -2.18. The van der Waals surface area contributed by atoms with Crippen LogP contribution in [0.4, 0.5) is 0 Å². The van der Waals surface area contributed by atoms with Crippen molar-refractivity contribution in [1.82, 2.24) is 15.2 Å². The number of rotatable bonds is 5. The molecule has 0 saturated carbocycles. The summed E-state index contributed by atoms with van der Waals surface area (Å²) >= 11 is 9.52. The highest BCUT2D eigenvalue weighted by Gasteiger charge is 2.20. The topological polar surface area (TPSA) is 55.9 Å². The van der Waals surface area contributed by atoms with E-state index in [0.717, 1.165) is 33.2 Å². The van der Waals surface area contributed by atoms with E-state index in [9.17, 15) is 0 Å². The van der Waals surface area contributed by atoms with Crippen LogP contribution in [-0.2, 0) is 19.9 Å². The number of nitrogens with one attached hydrogen (secondary N) is 1. The Morgan fingerprint density at radius 3 is 2.71 bits per heavy atom. The number of hydrazine groups is 1. The van der Waals surface area contributed by atoms with E-state index in [-0.39, 0.29) is 6.04 Å². The monoisotopic (exact) mass is 526 g/mol. The van der Waals surface area contributed by atoms with E-state index in [1.54, 1.807) is 0 Å². The lowest BCUT2D eigenvalue weighted by molar-refractivity contribution is 0.527. The van der Waals surface area contributed by atoms with Gasteiger partial charge in [0.2, 0.25) is 0 Å². The maximum Gasteiger partial charge on any atom is 0.0766 e. The summed E-state index contributed by atoms with van der Waals surface area (Å²) in [5.74, 6) is 5.80. The minimum atomic E-state index is 0.0332. The van der Waals surface area contributed by atoms with Crippen LogP contribution in [-0.4, -0.2) is 9.78 Å². The van der Waals surface area contributed by atoms with Crippen LogP contribution in [0.1, 0.15) is 29.9 Å². The van der Waals surface area contributed by atoms with Crippen molar-refractivity contribution in [2.75, 3.05) is 0 Å². The summed E-state index contributed by atoms with van der Waals surface area (Å²) in [6, 6.07) is 6.26. The van der Waals surface area contributed by atoms with Gasteiger partial charge in [-0.25, -0.2) is 0 Å². The Hall–Kier alpha value is 0.0400. The van der Waals surface area contributed by atoms with Gasteiger partial charge in [-0.3, -0.25) is 16.0 Å². The molecule has 0 saturated heterocycles. The van der Waals surface area contributed by atoms with E-state index in [1.165, 1.54) is 9.13 Å². The van der Waals surface area contributed by atoms with Crippen molar-refractivity contribution < 1.29 is 0 Å². The van der Waals surface area contributed by atoms with E-state index in [0.29, 0.717) is 0 Å². The number of benzene rings is 1. The van der Waals surface area contributed by atoms with Gasteiger partial charge < -0.3 is 0 Å². The highest BCUT2D eigenvalue weighted by atomic mass is 127. The molecule has 1 aromatic carbocycles. The predicted molar refractivity (Wildman–Crippen MR) is 101 cm³/mol. The zero-order valence-electron chi connectivity index (χ0n) is 11.8. The molecular weight excluding hydrogens is 511 g/mol. The Bertz CT molecular complexity index is 642. The molecule has 2 rings (SSSR count). The van der Waals surface area contributed by atoms with Gasteiger partial charge in [0.15, 0.2) is 0 Å². The molecule has 0 fully saturated rings. The van der Waals surface area contributed by atoms with Gasteiger partial charge in [-0.1, -0.05) is 22.9 Å². The highest BCUT2D eigenvalue weighted by Crippen LogP contribution is 2.29. The van der Waals surface area contributed by atoms with Crippen LogP contribution >= 0.6 is 54.5 Å². The second-order valence-corrected chi connectivity index (χ2v) is 7.64. The van der Waals surface area contributed by atoms with Crippen LogP contribution in [0.5, 0.6) is 0 Å². The third kappa shape index (κ3) is 3.87. The van der Waals surface area contributed by atoms with Gasteiger partial charge in [0.05, 0.1) is 21.9 Å². The second kappa shape index (κ2) is 7.54. The summed E-state index contributed by atoms with van der Waals surface area (Å²) in [5, 5.41) is 4.54. The van der Waals surface area contributed by atoms with Crippen molar-refractivity contribution in [3.05, 3.63) is 47.7 Å². The summed E-state index contributed by atoms with van der Waals surface area (Å²) in [6.07, 6.45) is 1.68. The molecule has 7 heteroatoms. The van der Waals surface area contributed by atoms with Crippen LogP contribution in [0.25, 0.3) is 0 Å². The maximum atomic E-state index is 5.80. The van der Waals surface area contributed by atoms with E-state index in [2.05, 4.69) is 84.0 Å². The van der Waals surface area contributed by atoms with Gasteiger partial charge in [-0.15, -0.1) is 0 Å². The van der Waals surface area contributed by atoms with Gasteiger partial charge in [0.25, 0.3) is 0 Å². The first-order chi connectivity index (χ1) is 9.97. The fourth-order valence-electron chi connectivity index (χ4n) is 2.28. The molecule has 0 aliphatic heterocycles. The van der Waals surface area contributed by atoms with Gasteiger partial charge in [-0.05, 0) is 68.7 Å². The van der Waals surface area contributed by atoms with Crippen molar-refractivity contribution in [2.45, 2.75) is 25.8 Å². The smallest absolute Gasteiger partial charge is 0.0766 e. The van der Waals surface area contributed by atoms with Crippen LogP contribution in [0.3, 0.4) is 0 Å². The molecule has 114 valence electrons. The van der Waals surface area contributed by atoms with Crippen molar-refractivity contribution in [1.29, 1.82) is 0 Å². The zero-order chi connectivity index (χ0) is 15.6. The average molecular weight is 528 g/mol. The molecule has 21 heavy (non-hydrogen) atoms. The highest BCUT2D eigenvalue weighted by molar-refractivity contribution is 14.1. The molecular formula is C14H17Br2IN4. The third-order valence-corrected chi connectivity index (χ3v) is 5.83. The van der Waals surface area contributed by atoms with Gasteiger partial charge in [0.1, 0.15) is 0 Å². The molecule has 1 aromatic heterocycles. The van der Waals surface area contributed by atoms with E-state index in [1.807, 2.05) is 17.8 Å². The number of aryl methyl sites for hydroxylation is 2. The van der Waals surface area contributed by atoms with E-state index in [4.69, 9.17) is 5.84 Å². The van der Waals surface area contributed by atoms with Gasteiger partial charge in [0, 0.05) is 21.5 Å². The summed E-state index contributed by atoms with van der Waals surface area (Å²) in [5.41, 5.74) is 6.33. The SMILES string of the molecule is CCc1nn(C)c(CC(NN)c2cc(Br)ccc2I)c1Br. The van der Waals surface area contributed by atoms with Crippen LogP contribution in [0.2, 0.25) is 0 Å². The molecule has 1 atom stereocenters. The molecule has 2 aromatic rings. The average Bonchev–Trinajstić information content (AvgIpc) is 2.74. The second-order valence-electron chi connectivity index (χ2n) is 4.77. The summed E-state index contributed by atoms with van der Waals surface area (Å²) in [4.78, 5) is 0. The maximum absolute atomic E-state index is 5.80. The van der Waals surface area contributed by atoms with Gasteiger partial charge in [-0.2, -0.15) is 5.10 Å². The largest absolute Gasteiger partial charge is 0.271 e. The van der Waals surface area contributed by atoms with Crippen molar-refractivity contribution in [3.63, 3.8) is 0 Å². The first kappa shape index (κ1) is 17.4. The number of aromatic nitrogens is 2. The van der Waals surface area contributed by atoms with Crippen LogP contribution in [0.15, 0.2) is 27.1 Å². The number of hydrogen-bond acceptors (Lipinski definition) is 3. The standard InChI is InChI=1S/C14H17Br2IN4/c1-3-11-14(16)13(21(2)20-11)7-12(19-18)9-6-8(15)4-5-10(9)17/h4-6,12,19H,3,7,18H2,1-2H3. The first-order valence-corrected chi connectivity index (χ1v) is 9.25. The normalized spacial score (nSPS) is 12.7. The predicted octanol–water partition coefficient (Wildman–Crippen LogP) is 3.86. The molecule has 4 nitrogen and oxygen atoms in total. The number of nitrogens with zero attached hydrogens (tertiary/aromatic N) is 2. The fraction of sp³-hybridized carbons (Fsp3) is 0.357. The number of nitrogens with two attached hydrogens (primary N) is 1. The number of halogens is 3. The molecule has 3 N–H and O–H groups in total. The molecule has 1 heterocycles. The quantitative estimate of drug-likeness (QED) is 0.353. The lowest BCUT2D eigenvalue weighted by atomic mass is 10.0. The fourth-order valence-corrected chi connectivity index (χ4v) is 4.14. The Labute approximate surface area is 155 Å². The van der Waals surface area contributed by atoms with E-state index >= 15 is 0 Å². The van der Waals surface area contributed by atoms with Crippen LogP contribution in [0, 0.1) is 3.57 Å². The summed E-state index contributed by atoms with van der Waals surface area (Å²) < 4.78 is 5.25. The molecule has 0 aliphatic rings. The Morgan fingerprint density at radius 2 is 2.14 bits per heavy atom. The Morgan fingerprint density at radius 1 is 1.43 bits per heavy atom. The number of hydrogen-bond donors (Lipinski definition) is 2. The zero-order valence-corrected chi connectivity index (χ0v) is 17.2.